The summed E-state index contributed by atoms with van der Waals surface area (Å²) in [5.41, 5.74) is 5.46. The molecule has 0 fully saturated rings. The van der Waals surface area contributed by atoms with Gasteiger partial charge >= 0.3 is 5.97 Å². The Morgan fingerprint density at radius 2 is 2.00 bits per heavy atom. The van der Waals surface area contributed by atoms with Crippen LogP contribution in [0.1, 0.15) is 23.7 Å². The Bertz CT molecular complexity index is 461. The molecule has 1 aromatic rings. The van der Waals surface area contributed by atoms with Gasteiger partial charge in [-0.2, -0.15) is 0 Å². The molecule has 0 saturated heterocycles. The third kappa shape index (κ3) is 4.74. The first-order chi connectivity index (χ1) is 9.04. The van der Waals surface area contributed by atoms with Crippen LogP contribution in [0.5, 0.6) is 0 Å². The van der Waals surface area contributed by atoms with Crippen molar-refractivity contribution in [3.63, 3.8) is 0 Å². The summed E-state index contributed by atoms with van der Waals surface area (Å²) in [6.07, 6.45) is 2.60. The van der Waals surface area contributed by atoms with Crippen molar-refractivity contribution in [2.45, 2.75) is 19.4 Å². The zero-order valence-electron chi connectivity index (χ0n) is 10.5. The number of nitrogens with zero attached hydrogens (tertiary/aromatic N) is 1. The SMILES string of the molecule is CCOC(=O)C[C@H](NC(=O)c1ccncc1)C(N)=O. The van der Waals surface area contributed by atoms with Crippen LogP contribution in [0.4, 0.5) is 0 Å². The van der Waals surface area contributed by atoms with E-state index >= 15 is 0 Å². The lowest BCUT2D eigenvalue weighted by Gasteiger charge is -2.14. The molecular formula is C12H15N3O4. The number of hydrogen-bond acceptors (Lipinski definition) is 5. The van der Waals surface area contributed by atoms with Gasteiger partial charge in [0, 0.05) is 18.0 Å². The molecule has 0 aliphatic carbocycles. The highest BCUT2D eigenvalue weighted by Gasteiger charge is 2.22. The minimum atomic E-state index is -1.10. The van der Waals surface area contributed by atoms with Gasteiger partial charge < -0.3 is 15.8 Å². The summed E-state index contributed by atoms with van der Waals surface area (Å²) in [4.78, 5) is 38.0. The fourth-order valence-corrected chi connectivity index (χ4v) is 1.35. The largest absolute Gasteiger partial charge is 0.466 e. The average molecular weight is 265 g/mol. The van der Waals surface area contributed by atoms with E-state index in [1.54, 1.807) is 6.92 Å². The second kappa shape index (κ2) is 7.10. The fraction of sp³-hybridized carbons (Fsp3) is 0.333. The number of rotatable bonds is 6. The molecule has 0 aromatic carbocycles. The van der Waals surface area contributed by atoms with Crippen LogP contribution in [0, 0.1) is 0 Å². The van der Waals surface area contributed by atoms with Crippen molar-refractivity contribution >= 4 is 17.8 Å². The minimum absolute atomic E-state index is 0.197. The Morgan fingerprint density at radius 1 is 1.37 bits per heavy atom. The lowest BCUT2D eigenvalue weighted by Crippen LogP contribution is -2.45. The molecule has 7 nitrogen and oxygen atoms in total. The van der Waals surface area contributed by atoms with Crippen molar-refractivity contribution in [3.05, 3.63) is 30.1 Å². The number of carbonyl (C=O) groups excluding carboxylic acids is 3. The molecule has 1 aromatic heterocycles. The van der Waals surface area contributed by atoms with Gasteiger partial charge in [0.2, 0.25) is 5.91 Å². The summed E-state index contributed by atoms with van der Waals surface area (Å²) >= 11 is 0. The third-order valence-electron chi connectivity index (χ3n) is 2.27. The quantitative estimate of drug-likeness (QED) is 0.681. The van der Waals surface area contributed by atoms with Crippen molar-refractivity contribution < 1.29 is 19.1 Å². The fourth-order valence-electron chi connectivity index (χ4n) is 1.35. The zero-order valence-corrected chi connectivity index (χ0v) is 10.5. The van der Waals surface area contributed by atoms with Gasteiger partial charge in [-0.25, -0.2) is 0 Å². The maximum atomic E-state index is 11.8. The van der Waals surface area contributed by atoms with E-state index in [-0.39, 0.29) is 13.0 Å². The van der Waals surface area contributed by atoms with E-state index in [4.69, 9.17) is 10.5 Å². The van der Waals surface area contributed by atoms with Crippen molar-refractivity contribution in [3.8, 4) is 0 Å². The van der Waals surface area contributed by atoms with Gasteiger partial charge in [0.05, 0.1) is 13.0 Å². The van der Waals surface area contributed by atoms with Crippen LogP contribution in [0.15, 0.2) is 24.5 Å². The number of ether oxygens (including phenoxy) is 1. The predicted molar refractivity (Wildman–Crippen MR) is 65.9 cm³/mol. The Labute approximate surface area is 110 Å². The van der Waals surface area contributed by atoms with Crippen LogP contribution < -0.4 is 11.1 Å². The Kier molecular flexibility index (Phi) is 5.46. The highest BCUT2D eigenvalue weighted by molar-refractivity contribution is 5.98. The van der Waals surface area contributed by atoms with Crippen molar-refractivity contribution in [1.29, 1.82) is 0 Å². The highest BCUT2D eigenvalue weighted by atomic mass is 16.5. The Balaban J connectivity index is 2.66. The van der Waals surface area contributed by atoms with E-state index < -0.39 is 23.8 Å². The maximum Gasteiger partial charge on any atom is 0.308 e. The van der Waals surface area contributed by atoms with Gasteiger partial charge in [-0.05, 0) is 19.1 Å². The second-order valence-electron chi connectivity index (χ2n) is 3.67. The van der Waals surface area contributed by atoms with E-state index in [1.807, 2.05) is 0 Å². The Morgan fingerprint density at radius 3 is 2.53 bits per heavy atom. The lowest BCUT2D eigenvalue weighted by molar-refractivity contribution is -0.145. The van der Waals surface area contributed by atoms with Crippen LogP contribution in [0.2, 0.25) is 0 Å². The molecule has 0 bridgehead atoms. The Hall–Kier alpha value is -2.44. The van der Waals surface area contributed by atoms with Gasteiger partial charge in [0.15, 0.2) is 0 Å². The summed E-state index contributed by atoms with van der Waals surface area (Å²) in [5, 5.41) is 2.38. The van der Waals surface area contributed by atoms with Gasteiger partial charge in [0.1, 0.15) is 6.04 Å². The van der Waals surface area contributed by atoms with Crippen LogP contribution >= 0.6 is 0 Å². The van der Waals surface area contributed by atoms with Gasteiger partial charge in [0.25, 0.3) is 5.91 Å². The number of pyridine rings is 1. The van der Waals surface area contributed by atoms with Crippen molar-refractivity contribution in [1.82, 2.24) is 10.3 Å². The first kappa shape index (κ1) is 14.6. The molecule has 0 spiro atoms. The summed E-state index contributed by atoms with van der Waals surface area (Å²) in [7, 11) is 0. The number of carbonyl (C=O) groups is 3. The third-order valence-corrected chi connectivity index (χ3v) is 2.27. The van der Waals surface area contributed by atoms with E-state index in [1.165, 1.54) is 24.5 Å². The molecule has 0 saturated carbocycles. The molecule has 2 amide bonds. The number of nitrogens with one attached hydrogen (secondary N) is 1. The number of primary amides is 1. The van der Waals surface area contributed by atoms with Crippen molar-refractivity contribution in [2.24, 2.45) is 5.73 Å². The summed E-state index contributed by atoms with van der Waals surface area (Å²) in [6.45, 7) is 1.84. The molecule has 1 rings (SSSR count). The molecule has 19 heavy (non-hydrogen) atoms. The smallest absolute Gasteiger partial charge is 0.308 e. The molecule has 3 N–H and O–H groups in total. The molecule has 1 heterocycles. The number of amides is 2. The number of esters is 1. The van der Waals surface area contributed by atoms with Gasteiger partial charge in [-0.1, -0.05) is 0 Å². The molecule has 0 unspecified atom stereocenters. The van der Waals surface area contributed by atoms with E-state index in [2.05, 4.69) is 10.3 Å². The second-order valence-corrected chi connectivity index (χ2v) is 3.67. The zero-order chi connectivity index (χ0) is 14.3. The van der Waals surface area contributed by atoms with E-state index in [0.717, 1.165) is 0 Å². The predicted octanol–water partition coefficient (Wildman–Crippen LogP) is -0.381. The summed E-state index contributed by atoms with van der Waals surface area (Å²) < 4.78 is 4.70. The maximum absolute atomic E-state index is 11.8. The number of hydrogen-bond donors (Lipinski definition) is 2. The highest BCUT2D eigenvalue weighted by Crippen LogP contribution is 2.00. The average Bonchev–Trinajstić information content (AvgIpc) is 2.39. The first-order valence-electron chi connectivity index (χ1n) is 5.70. The van der Waals surface area contributed by atoms with E-state index in [9.17, 15) is 14.4 Å². The first-order valence-corrected chi connectivity index (χ1v) is 5.70. The standard InChI is InChI=1S/C12H15N3O4/c1-2-19-10(16)7-9(11(13)17)15-12(18)8-3-5-14-6-4-8/h3-6,9H,2,7H2,1H3,(H2,13,17)(H,15,18)/t9-/m0/s1. The molecule has 7 heteroatoms. The van der Waals surface area contributed by atoms with Gasteiger partial charge in [-0.15, -0.1) is 0 Å². The van der Waals surface area contributed by atoms with Crippen LogP contribution in [0.25, 0.3) is 0 Å². The summed E-state index contributed by atoms with van der Waals surface area (Å²) in [5.74, 6) is -1.90. The van der Waals surface area contributed by atoms with Gasteiger partial charge in [-0.3, -0.25) is 19.4 Å². The lowest BCUT2D eigenvalue weighted by atomic mass is 10.1. The van der Waals surface area contributed by atoms with E-state index in [0.29, 0.717) is 5.56 Å². The van der Waals surface area contributed by atoms with Crippen molar-refractivity contribution in [2.75, 3.05) is 6.61 Å². The molecule has 1 atom stereocenters. The minimum Gasteiger partial charge on any atom is -0.466 e. The monoisotopic (exact) mass is 265 g/mol. The molecule has 0 aliphatic heterocycles. The molecule has 0 radical (unpaired) electrons. The van der Waals surface area contributed by atoms with Crippen LogP contribution in [-0.4, -0.2) is 35.4 Å². The number of aromatic nitrogens is 1. The summed E-state index contributed by atoms with van der Waals surface area (Å²) in [6, 6.07) is 1.87. The van der Waals surface area contributed by atoms with Crippen LogP contribution in [-0.2, 0) is 14.3 Å². The normalized spacial score (nSPS) is 11.4. The topological polar surface area (TPSA) is 111 Å². The number of nitrogens with two attached hydrogens (primary N) is 1. The van der Waals surface area contributed by atoms with Crippen LogP contribution in [0.3, 0.4) is 0 Å². The molecular weight excluding hydrogens is 250 g/mol. The molecule has 102 valence electrons. The molecule has 0 aliphatic rings.